The van der Waals surface area contributed by atoms with Gasteiger partial charge in [0.25, 0.3) is 0 Å². The van der Waals surface area contributed by atoms with Crippen LogP contribution in [0.5, 0.6) is 0 Å². The number of rotatable bonds is 8. The summed E-state index contributed by atoms with van der Waals surface area (Å²) in [6, 6.07) is 10.5. The SMILES string of the molecule is CN[C@@H](C)C(=O)N[C@@H](C)C(O)N1CC[C@H]2CCN(CCc3ccccc3)C[C@H]21. The van der Waals surface area contributed by atoms with E-state index in [1.54, 1.807) is 7.05 Å². The van der Waals surface area contributed by atoms with Crippen LogP contribution in [-0.2, 0) is 11.2 Å². The summed E-state index contributed by atoms with van der Waals surface area (Å²) >= 11 is 0. The van der Waals surface area contributed by atoms with Gasteiger partial charge in [-0.05, 0) is 58.2 Å². The Kier molecular flexibility index (Phi) is 7.46. The highest BCUT2D eigenvalue weighted by molar-refractivity contribution is 5.81. The zero-order valence-electron chi connectivity index (χ0n) is 17.5. The second-order valence-electron chi connectivity index (χ2n) is 8.40. The molecule has 1 unspecified atom stereocenters. The summed E-state index contributed by atoms with van der Waals surface area (Å²) in [6.07, 6.45) is 2.76. The molecule has 0 radical (unpaired) electrons. The molecule has 0 bridgehead atoms. The van der Waals surface area contributed by atoms with Gasteiger partial charge in [-0.2, -0.15) is 0 Å². The van der Waals surface area contributed by atoms with Crippen molar-refractivity contribution < 1.29 is 9.90 Å². The maximum absolute atomic E-state index is 12.1. The highest BCUT2D eigenvalue weighted by atomic mass is 16.3. The molecule has 2 saturated heterocycles. The molecule has 6 heteroatoms. The fourth-order valence-corrected chi connectivity index (χ4v) is 4.54. The van der Waals surface area contributed by atoms with Gasteiger partial charge in [-0.3, -0.25) is 9.69 Å². The summed E-state index contributed by atoms with van der Waals surface area (Å²) in [4.78, 5) is 16.9. The third-order valence-electron chi connectivity index (χ3n) is 6.53. The average Bonchev–Trinajstić information content (AvgIpc) is 3.14. The van der Waals surface area contributed by atoms with Crippen molar-refractivity contribution in [2.75, 3.05) is 33.2 Å². The van der Waals surface area contributed by atoms with E-state index in [0.717, 1.165) is 39.0 Å². The van der Waals surface area contributed by atoms with E-state index in [2.05, 4.69) is 50.8 Å². The Bertz CT molecular complexity index is 626. The molecule has 6 nitrogen and oxygen atoms in total. The van der Waals surface area contributed by atoms with Gasteiger partial charge >= 0.3 is 0 Å². The third kappa shape index (κ3) is 5.11. The average molecular weight is 389 g/mol. The predicted octanol–water partition coefficient (Wildman–Crippen LogP) is 1.06. The number of piperidine rings is 1. The van der Waals surface area contributed by atoms with Crippen LogP contribution in [0.4, 0.5) is 0 Å². The Hall–Kier alpha value is -1.47. The number of likely N-dealkylation sites (N-methyl/N-ethyl adjacent to an activating group) is 1. The van der Waals surface area contributed by atoms with Crippen molar-refractivity contribution in [1.82, 2.24) is 20.4 Å². The maximum atomic E-state index is 12.1. The van der Waals surface area contributed by atoms with Gasteiger partial charge in [0, 0.05) is 25.7 Å². The quantitative estimate of drug-likeness (QED) is 0.621. The molecule has 2 heterocycles. The van der Waals surface area contributed by atoms with E-state index < -0.39 is 6.23 Å². The molecule has 0 spiro atoms. The first-order valence-corrected chi connectivity index (χ1v) is 10.7. The Balaban J connectivity index is 1.54. The molecule has 0 saturated carbocycles. The van der Waals surface area contributed by atoms with Crippen LogP contribution in [0.15, 0.2) is 30.3 Å². The van der Waals surface area contributed by atoms with E-state index in [-0.39, 0.29) is 18.0 Å². The normalized spacial score (nSPS) is 26.4. The first-order chi connectivity index (χ1) is 13.5. The third-order valence-corrected chi connectivity index (χ3v) is 6.53. The molecular weight excluding hydrogens is 352 g/mol. The summed E-state index contributed by atoms with van der Waals surface area (Å²) in [7, 11) is 1.77. The Morgan fingerprint density at radius 2 is 1.93 bits per heavy atom. The van der Waals surface area contributed by atoms with E-state index >= 15 is 0 Å². The lowest BCUT2D eigenvalue weighted by molar-refractivity contribution is -0.126. The van der Waals surface area contributed by atoms with Crippen LogP contribution in [0.2, 0.25) is 0 Å². The number of nitrogens with one attached hydrogen (secondary N) is 2. The second-order valence-corrected chi connectivity index (χ2v) is 8.40. The lowest BCUT2D eigenvalue weighted by Gasteiger charge is -2.41. The van der Waals surface area contributed by atoms with Crippen LogP contribution >= 0.6 is 0 Å². The Labute approximate surface area is 169 Å². The summed E-state index contributed by atoms with van der Waals surface area (Å²) in [5, 5.41) is 16.8. The van der Waals surface area contributed by atoms with Crippen LogP contribution in [-0.4, -0.2) is 78.4 Å². The van der Waals surface area contributed by atoms with Crippen molar-refractivity contribution in [3.63, 3.8) is 0 Å². The number of aliphatic hydroxyl groups excluding tert-OH is 1. The van der Waals surface area contributed by atoms with Crippen LogP contribution in [0, 0.1) is 5.92 Å². The summed E-state index contributed by atoms with van der Waals surface area (Å²) < 4.78 is 0. The minimum Gasteiger partial charge on any atom is -0.376 e. The van der Waals surface area contributed by atoms with Crippen molar-refractivity contribution in [3.8, 4) is 0 Å². The standard InChI is InChI=1S/C22H36N4O2/c1-16(23-3)21(27)24-17(2)22(28)26-14-11-19-10-13-25(15-20(19)26)12-9-18-7-5-4-6-8-18/h4-8,16-17,19-20,22-23,28H,9-15H2,1-3H3,(H,24,27)/t16-,17-,19+,20+,22?/m0/s1. The molecule has 2 aliphatic rings. The van der Waals surface area contributed by atoms with Crippen molar-refractivity contribution >= 4 is 5.91 Å². The van der Waals surface area contributed by atoms with Gasteiger partial charge in [0.2, 0.25) is 5.91 Å². The van der Waals surface area contributed by atoms with Crippen LogP contribution < -0.4 is 10.6 Å². The highest BCUT2D eigenvalue weighted by Gasteiger charge is 2.42. The number of likely N-dealkylation sites (tertiary alicyclic amines) is 2. The first-order valence-electron chi connectivity index (χ1n) is 10.7. The minimum atomic E-state index is -0.642. The number of carbonyl (C=O) groups excluding carboxylic acids is 1. The van der Waals surface area contributed by atoms with Gasteiger partial charge in [0.1, 0.15) is 6.23 Å². The van der Waals surface area contributed by atoms with E-state index in [0.29, 0.717) is 12.0 Å². The van der Waals surface area contributed by atoms with E-state index in [1.165, 1.54) is 12.0 Å². The van der Waals surface area contributed by atoms with E-state index in [1.807, 2.05) is 13.8 Å². The number of benzene rings is 1. The van der Waals surface area contributed by atoms with Crippen molar-refractivity contribution in [2.24, 2.45) is 5.92 Å². The van der Waals surface area contributed by atoms with Gasteiger partial charge < -0.3 is 20.6 Å². The van der Waals surface area contributed by atoms with Gasteiger partial charge in [-0.15, -0.1) is 0 Å². The molecule has 2 aliphatic heterocycles. The lowest BCUT2D eigenvalue weighted by Crippen LogP contribution is -2.57. The number of aliphatic hydroxyl groups is 1. The molecule has 1 aromatic carbocycles. The molecular formula is C22H36N4O2. The van der Waals surface area contributed by atoms with Crippen LogP contribution in [0.1, 0.15) is 32.3 Å². The molecule has 2 fully saturated rings. The maximum Gasteiger partial charge on any atom is 0.237 e. The molecule has 1 amide bonds. The molecule has 1 aromatic rings. The largest absolute Gasteiger partial charge is 0.376 e. The number of fused-ring (bicyclic) bond motifs is 1. The van der Waals surface area contributed by atoms with Crippen molar-refractivity contribution in [1.29, 1.82) is 0 Å². The molecule has 156 valence electrons. The second kappa shape index (κ2) is 9.83. The van der Waals surface area contributed by atoms with Gasteiger partial charge in [0.05, 0.1) is 12.1 Å². The Morgan fingerprint density at radius 3 is 2.64 bits per heavy atom. The van der Waals surface area contributed by atoms with Gasteiger partial charge in [-0.25, -0.2) is 0 Å². The monoisotopic (exact) mass is 388 g/mol. The molecule has 3 rings (SSSR count). The predicted molar refractivity (Wildman–Crippen MR) is 112 cm³/mol. The number of nitrogens with zero attached hydrogens (tertiary/aromatic N) is 2. The number of hydrogen-bond donors (Lipinski definition) is 3. The molecule has 0 aromatic heterocycles. The zero-order valence-corrected chi connectivity index (χ0v) is 17.5. The number of amides is 1. The van der Waals surface area contributed by atoms with Gasteiger partial charge in [-0.1, -0.05) is 30.3 Å². The van der Waals surface area contributed by atoms with Gasteiger partial charge in [0.15, 0.2) is 0 Å². The zero-order chi connectivity index (χ0) is 20.1. The van der Waals surface area contributed by atoms with Crippen LogP contribution in [0.3, 0.4) is 0 Å². The molecule has 0 aliphatic carbocycles. The lowest BCUT2D eigenvalue weighted by atomic mass is 9.91. The van der Waals surface area contributed by atoms with E-state index in [9.17, 15) is 9.90 Å². The molecule has 3 N–H and O–H groups in total. The fraction of sp³-hybridized carbons (Fsp3) is 0.682. The van der Waals surface area contributed by atoms with Crippen molar-refractivity contribution in [3.05, 3.63) is 35.9 Å². The summed E-state index contributed by atoms with van der Waals surface area (Å²) in [5.41, 5.74) is 1.38. The van der Waals surface area contributed by atoms with Crippen LogP contribution in [0.25, 0.3) is 0 Å². The smallest absolute Gasteiger partial charge is 0.237 e. The molecule has 28 heavy (non-hydrogen) atoms. The number of carbonyl (C=O) groups is 1. The number of hydrogen-bond acceptors (Lipinski definition) is 5. The topological polar surface area (TPSA) is 67.8 Å². The summed E-state index contributed by atoms with van der Waals surface area (Å²) in [5.74, 6) is 0.583. The van der Waals surface area contributed by atoms with Crippen molar-refractivity contribution in [2.45, 2.75) is 57.5 Å². The Morgan fingerprint density at radius 1 is 1.21 bits per heavy atom. The van der Waals surface area contributed by atoms with E-state index in [4.69, 9.17) is 0 Å². The fourth-order valence-electron chi connectivity index (χ4n) is 4.54. The summed E-state index contributed by atoms with van der Waals surface area (Å²) in [6.45, 7) is 7.83. The first kappa shape index (κ1) is 21.2. The minimum absolute atomic E-state index is 0.0714. The molecule has 5 atom stereocenters. The highest BCUT2D eigenvalue weighted by Crippen LogP contribution is 2.33.